The summed E-state index contributed by atoms with van der Waals surface area (Å²) in [7, 11) is 0. The average Bonchev–Trinajstić information content (AvgIpc) is 2.96. The third-order valence-corrected chi connectivity index (χ3v) is 5.37. The molecular weight excluding hydrogens is 324 g/mol. The van der Waals surface area contributed by atoms with Gasteiger partial charge in [-0.15, -0.1) is 0 Å². The lowest BCUT2D eigenvalue weighted by atomic mass is 9.94. The van der Waals surface area contributed by atoms with Crippen LogP contribution in [0.5, 0.6) is 0 Å². The molecule has 4 nitrogen and oxygen atoms in total. The summed E-state index contributed by atoms with van der Waals surface area (Å²) >= 11 is 0. The van der Waals surface area contributed by atoms with Gasteiger partial charge < -0.3 is 10.5 Å². The molecule has 1 saturated heterocycles. The first-order chi connectivity index (χ1) is 12.7. The van der Waals surface area contributed by atoms with E-state index in [1.807, 2.05) is 35.2 Å². The monoisotopic (exact) mass is 348 g/mol. The van der Waals surface area contributed by atoms with Crippen molar-refractivity contribution in [3.05, 3.63) is 77.4 Å². The Morgan fingerprint density at radius 1 is 1.04 bits per heavy atom. The van der Waals surface area contributed by atoms with Crippen LogP contribution in [0.1, 0.15) is 36.0 Å². The third kappa shape index (κ3) is 3.37. The van der Waals surface area contributed by atoms with Crippen molar-refractivity contribution in [3.8, 4) is 0 Å². The van der Waals surface area contributed by atoms with E-state index in [4.69, 9.17) is 10.5 Å². The van der Waals surface area contributed by atoms with Crippen LogP contribution in [-0.2, 0) is 17.9 Å². The molecule has 4 heteroatoms. The molecule has 4 rings (SSSR count). The number of rotatable bonds is 4. The standard InChI is InChI=1S/C22H24N2O2/c23-14-16-6-8-18(9-7-16)19-12-20-10-11-21(13-19)24(20)22(25)26-15-17-4-2-1-3-5-17/h1-9,12,20-21H,10-11,13-15,23H2. The van der Waals surface area contributed by atoms with Gasteiger partial charge in [-0.25, -0.2) is 4.79 Å². The molecule has 2 heterocycles. The summed E-state index contributed by atoms with van der Waals surface area (Å²) in [5.41, 5.74) is 10.4. The first-order valence-electron chi connectivity index (χ1n) is 9.23. The van der Waals surface area contributed by atoms with Crippen LogP contribution >= 0.6 is 0 Å². The Hall–Kier alpha value is -2.59. The molecule has 134 valence electrons. The normalized spacial score (nSPS) is 21.4. The van der Waals surface area contributed by atoms with Gasteiger partial charge >= 0.3 is 6.09 Å². The predicted octanol–water partition coefficient (Wildman–Crippen LogP) is 4.10. The number of amides is 1. The van der Waals surface area contributed by atoms with Crippen molar-refractivity contribution in [2.24, 2.45) is 5.73 Å². The van der Waals surface area contributed by atoms with E-state index in [1.165, 1.54) is 11.1 Å². The summed E-state index contributed by atoms with van der Waals surface area (Å²) in [4.78, 5) is 14.6. The van der Waals surface area contributed by atoms with Crippen molar-refractivity contribution in [2.75, 3.05) is 0 Å². The average molecular weight is 348 g/mol. The van der Waals surface area contributed by atoms with E-state index in [0.717, 1.165) is 30.4 Å². The van der Waals surface area contributed by atoms with Gasteiger partial charge in [-0.1, -0.05) is 60.7 Å². The van der Waals surface area contributed by atoms with Crippen LogP contribution in [0.15, 0.2) is 60.7 Å². The summed E-state index contributed by atoms with van der Waals surface area (Å²) in [6.07, 6.45) is 4.97. The number of carbonyl (C=O) groups is 1. The fourth-order valence-electron chi connectivity index (χ4n) is 3.98. The van der Waals surface area contributed by atoms with Crippen molar-refractivity contribution in [3.63, 3.8) is 0 Å². The van der Waals surface area contributed by atoms with Gasteiger partial charge in [0, 0.05) is 12.6 Å². The van der Waals surface area contributed by atoms with E-state index < -0.39 is 0 Å². The smallest absolute Gasteiger partial charge is 0.410 e. The molecule has 2 aromatic rings. The molecule has 2 N–H and O–H groups in total. The van der Waals surface area contributed by atoms with Crippen LogP contribution < -0.4 is 5.73 Å². The molecular formula is C22H24N2O2. The molecule has 2 aromatic carbocycles. The molecule has 0 spiro atoms. The highest BCUT2D eigenvalue weighted by atomic mass is 16.6. The van der Waals surface area contributed by atoms with Crippen molar-refractivity contribution >= 4 is 11.7 Å². The van der Waals surface area contributed by atoms with Crippen LogP contribution in [0, 0.1) is 0 Å². The number of benzene rings is 2. The highest BCUT2D eigenvalue weighted by Crippen LogP contribution is 2.39. The Balaban J connectivity index is 1.45. The molecule has 0 aliphatic carbocycles. The summed E-state index contributed by atoms with van der Waals surface area (Å²) in [6, 6.07) is 18.6. The quantitative estimate of drug-likeness (QED) is 0.905. The van der Waals surface area contributed by atoms with Gasteiger partial charge in [0.25, 0.3) is 0 Å². The minimum Gasteiger partial charge on any atom is -0.445 e. The van der Waals surface area contributed by atoms with E-state index in [2.05, 4.69) is 30.3 Å². The van der Waals surface area contributed by atoms with E-state index in [1.54, 1.807) is 0 Å². The maximum Gasteiger partial charge on any atom is 0.410 e. The molecule has 2 aliphatic rings. The second-order valence-corrected chi connectivity index (χ2v) is 7.04. The fourth-order valence-corrected chi connectivity index (χ4v) is 3.98. The molecule has 0 aromatic heterocycles. The fraction of sp³-hybridized carbons (Fsp3) is 0.318. The number of nitrogens with zero attached hydrogens (tertiary/aromatic N) is 1. The van der Waals surface area contributed by atoms with Crippen LogP contribution in [0.3, 0.4) is 0 Å². The van der Waals surface area contributed by atoms with Gasteiger partial charge in [0.1, 0.15) is 6.61 Å². The maximum absolute atomic E-state index is 12.6. The largest absolute Gasteiger partial charge is 0.445 e. The zero-order valence-corrected chi connectivity index (χ0v) is 14.8. The van der Waals surface area contributed by atoms with Gasteiger partial charge in [0.2, 0.25) is 0 Å². The molecule has 0 radical (unpaired) electrons. The number of ether oxygens (including phenoxy) is 1. The van der Waals surface area contributed by atoms with Crippen molar-refractivity contribution < 1.29 is 9.53 Å². The zero-order chi connectivity index (χ0) is 17.9. The van der Waals surface area contributed by atoms with Gasteiger partial charge in [-0.05, 0) is 41.5 Å². The minimum absolute atomic E-state index is 0.140. The molecule has 2 aliphatic heterocycles. The number of hydrogen-bond donors (Lipinski definition) is 1. The Morgan fingerprint density at radius 3 is 2.50 bits per heavy atom. The number of nitrogens with two attached hydrogens (primary N) is 1. The zero-order valence-electron chi connectivity index (χ0n) is 14.8. The maximum atomic E-state index is 12.6. The molecule has 2 unspecified atom stereocenters. The minimum atomic E-state index is -0.199. The summed E-state index contributed by atoms with van der Waals surface area (Å²) in [5, 5.41) is 0. The van der Waals surface area contributed by atoms with E-state index in [-0.39, 0.29) is 18.2 Å². The van der Waals surface area contributed by atoms with Crippen molar-refractivity contribution in [1.82, 2.24) is 4.90 Å². The third-order valence-electron chi connectivity index (χ3n) is 5.37. The van der Waals surface area contributed by atoms with Crippen LogP contribution in [0.4, 0.5) is 4.79 Å². The summed E-state index contributed by atoms with van der Waals surface area (Å²) in [6.45, 7) is 0.887. The van der Waals surface area contributed by atoms with Gasteiger partial charge in [-0.3, -0.25) is 4.90 Å². The van der Waals surface area contributed by atoms with Crippen LogP contribution in [-0.4, -0.2) is 23.1 Å². The van der Waals surface area contributed by atoms with Crippen molar-refractivity contribution in [2.45, 2.75) is 44.5 Å². The highest BCUT2D eigenvalue weighted by Gasteiger charge is 2.40. The first-order valence-corrected chi connectivity index (χ1v) is 9.23. The second kappa shape index (κ2) is 7.34. The van der Waals surface area contributed by atoms with E-state index >= 15 is 0 Å². The lowest BCUT2D eigenvalue weighted by Crippen LogP contribution is -2.43. The SMILES string of the molecule is NCc1ccc(C2=CC3CCC(C2)N3C(=O)OCc2ccccc2)cc1. The van der Waals surface area contributed by atoms with Crippen LogP contribution in [0.25, 0.3) is 5.57 Å². The van der Waals surface area contributed by atoms with Crippen LogP contribution in [0.2, 0.25) is 0 Å². The molecule has 2 bridgehead atoms. The van der Waals surface area contributed by atoms with Gasteiger partial charge in [0.15, 0.2) is 0 Å². The highest BCUT2D eigenvalue weighted by molar-refractivity contribution is 5.75. The number of fused-ring (bicyclic) bond motifs is 2. The summed E-state index contributed by atoms with van der Waals surface area (Å²) < 4.78 is 5.56. The molecule has 26 heavy (non-hydrogen) atoms. The Bertz CT molecular complexity index is 799. The predicted molar refractivity (Wildman–Crippen MR) is 102 cm³/mol. The first kappa shape index (κ1) is 16.9. The number of carbonyl (C=O) groups excluding carboxylic acids is 1. The van der Waals surface area contributed by atoms with E-state index in [0.29, 0.717) is 13.2 Å². The van der Waals surface area contributed by atoms with Gasteiger partial charge in [-0.2, -0.15) is 0 Å². The lowest BCUT2D eigenvalue weighted by Gasteiger charge is -2.33. The summed E-state index contributed by atoms with van der Waals surface area (Å²) in [5.74, 6) is 0. The van der Waals surface area contributed by atoms with E-state index in [9.17, 15) is 4.79 Å². The Kier molecular flexibility index (Phi) is 4.76. The molecule has 0 saturated carbocycles. The number of hydrogen-bond acceptors (Lipinski definition) is 3. The molecule has 1 amide bonds. The van der Waals surface area contributed by atoms with Crippen molar-refractivity contribution in [1.29, 1.82) is 0 Å². The molecule has 2 atom stereocenters. The molecule has 1 fully saturated rings. The second-order valence-electron chi connectivity index (χ2n) is 7.04. The topological polar surface area (TPSA) is 55.6 Å². The Morgan fingerprint density at radius 2 is 1.81 bits per heavy atom. The Labute approximate surface area is 154 Å². The van der Waals surface area contributed by atoms with Gasteiger partial charge in [0.05, 0.1) is 6.04 Å². The lowest BCUT2D eigenvalue weighted by molar-refractivity contribution is 0.0832.